The summed E-state index contributed by atoms with van der Waals surface area (Å²) in [5, 5.41) is 10.5. The number of carboxylic acid groups (broad SMARTS) is 1. The molecule has 2 heterocycles. The Morgan fingerprint density at radius 3 is 2.33 bits per heavy atom. The lowest BCUT2D eigenvalue weighted by molar-refractivity contribution is -0.137. The third-order valence-corrected chi connectivity index (χ3v) is 4.71. The Morgan fingerprint density at radius 1 is 1.00 bits per heavy atom. The van der Waals surface area contributed by atoms with Crippen LogP contribution in [0.3, 0.4) is 0 Å². The Morgan fingerprint density at radius 2 is 1.67 bits per heavy atom. The monoisotopic (exact) mass is 324 g/mol. The number of hydrogen-bond donors (Lipinski definition) is 1. The van der Waals surface area contributed by atoms with Gasteiger partial charge in [-0.3, -0.25) is 19.3 Å². The molecule has 2 aliphatic rings. The summed E-state index contributed by atoms with van der Waals surface area (Å²) in [5.41, 5.74) is 1.81. The maximum Gasteiger partial charge on any atom is 0.323 e. The number of hydrogen-bond acceptors (Lipinski definition) is 4. The minimum absolute atomic E-state index is 0.393. The molecule has 4 rings (SSSR count). The Kier molecular flexibility index (Phi) is 3.26. The fraction of sp³-hybridized carbons (Fsp3) is 0.278. The smallest absolute Gasteiger partial charge is 0.323 e. The molecular formula is C18H16N2O4. The van der Waals surface area contributed by atoms with E-state index in [0.29, 0.717) is 16.5 Å². The summed E-state index contributed by atoms with van der Waals surface area (Å²) in [4.78, 5) is 39.3. The van der Waals surface area contributed by atoms with E-state index >= 15 is 0 Å². The molecule has 2 aromatic rings. The van der Waals surface area contributed by atoms with Gasteiger partial charge >= 0.3 is 5.97 Å². The molecule has 2 aromatic carbocycles. The van der Waals surface area contributed by atoms with Crippen molar-refractivity contribution in [2.45, 2.75) is 12.8 Å². The highest BCUT2D eigenvalue weighted by atomic mass is 16.4. The van der Waals surface area contributed by atoms with E-state index in [4.69, 9.17) is 5.11 Å². The first-order chi connectivity index (χ1) is 11.6. The van der Waals surface area contributed by atoms with Crippen molar-refractivity contribution in [3.63, 3.8) is 0 Å². The Hall–Kier alpha value is -2.89. The molecule has 1 N–H and O–H groups in total. The fourth-order valence-corrected chi connectivity index (χ4v) is 3.64. The van der Waals surface area contributed by atoms with Crippen molar-refractivity contribution < 1.29 is 19.5 Å². The zero-order valence-corrected chi connectivity index (χ0v) is 13.0. The van der Waals surface area contributed by atoms with Crippen LogP contribution in [0.1, 0.15) is 33.6 Å². The molecule has 0 aromatic heterocycles. The van der Waals surface area contributed by atoms with Gasteiger partial charge in [0, 0.05) is 40.7 Å². The predicted molar refractivity (Wildman–Crippen MR) is 88.4 cm³/mol. The molecule has 0 spiro atoms. The Labute approximate surface area is 138 Å². The van der Waals surface area contributed by atoms with Crippen LogP contribution in [0.4, 0.5) is 5.69 Å². The summed E-state index contributed by atoms with van der Waals surface area (Å²) >= 11 is 0. The van der Waals surface area contributed by atoms with E-state index in [1.54, 1.807) is 18.2 Å². The van der Waals surface area contributed by atoms with Crippen molar-refractivity contribution in [1.82, 2.24) is 4.90 Å². The molecule has 122 valence electrons. The van der Waals surface area contributed by atoms with E-state index in [1.807, 2.05) is 12.1 Å². The first-order valence-corrected chi connectivity index (χ1v) is 7.96. The third-order valence-electron chi connectivity index (χ3n) is 4.71. The molecule has 0 saturated carbocycles. The lowest BCUT2D eigenvalue weighted by Gasteiger charge is -2.28. The zero-order chi connectivity index (χ0) is 16.8. The van der Waals surface area contributed by atoms with E-state index in [1.165, 1.54) is 0 Å². The van der Waals surface area contributed by atoms with E-state index < -0.39 is 24.3 Å². The number of aliphatic carboxylic acids is 1. The van der Waals surface area contributed by atoms with Crippen LogP contribution in [0, 0.1) is 0 Å². The molecule has 2 amide bonds. The van der Waals surface area contributed by atoms with Crippen LogP contribution in [0.15, 0.2) is 30.3 Å². The van der Waals surface area contributed by atoms with Crippen LogP contribution in [-0.2, 0) is 4.79 Å². The standard InChI is InChI=1S/C18H16N2O4/c21-15(22)10-20-17(23)12-5-3-4-11-14(19-8-1-2-9-19)7-6-13(16(11)12)18(20)24/h3-7H,1-2,8-10H2,(H,21,22). The van der Waals surface area contributed by atoms with Gasteiger partial charge in [-0.1, -0.05) is 12.1 Å². The highest BCUT2D eigenvalue weighted by molar-refractivity contribution is 6.27. The van der Waals surface area contributed by atoms with Gasteiger partial charge in [-0.2, -0.15) is 0 Å². The molecule has 0 unspecified atom stereocenters. The second kappa shape index (κ2) is 5.33. The molecule has 2 aliphatic heterocycles. The predicted octanol–water partition coefficient (Wildman–Crippen LogP) is 2.12. The summed E-state index contributed by atoms with van der Waals surface area (Å²) in [6.07, 6.45) is 2.26. The molecule has 6 nitrogen and oxygen atoms in total. The highest BCUT2D eigenvalue weighted by Gasteiger charge is 2.34. The van der Waals surface area contributed by atoms with Gasteiger partial charge in [-0.05, 0) is 31.0 Å². The van der Waals surface area contributed by atoms with E-state index in [2.05, 4.69) is 4.90 Å². The van der Waals surface area contributed by atoms with E-state index in [9.17, 15) is 14.4 Å². The highest BCUT2D eigenvalue weighted by Crippen LogP contribution is 2.36. The van der Waals surface area contributed by atoms with Gasteiger partial charge in [-0.25, -0.2) is 0 Å². The van der Waals surface area contributed by atoms with Crippen LogP contribution in [0.5, 0.6) is 0 Å². The Balaban J connectivity index is 1.92. The lowest BCUT2D eigenvalue weighted by atomic mass is 9.92. The number of carbonyl (C=O) groups excluding carboxylic acids is 2. The van der Waals surface area contributed by atoms with Crippen molar-refractivity contribution in [1.29, 1.82) is 0 Å². The van der Waals surface area contributed by atoms with Crippen molar-refractivity contribution >= 4 is 34.2 Å². The molecule has 0 aliphatic carbocycles. The SMILES string of the molecule is O=C(O)CN1C(=O)c2cccc3c(N4CCCC4)ccc(c23)C1=O. The summed E-state index contributed by atoms with van der Waals surface area (Å²) in [5.74, 6) is -2.29. The van der Waals surface area contributed by atoms with Gasteiger partial charge in [0.1, 0.15) is 6.54 Å². The number of nitrogens with zero attached hydrogens (tertiary/aromatic N) is 2. The molecule has 1 fully saturated rings. The second-order valence-corrected chi connectivity index (χ2v) is 6.14. The number of anilines is 1. The largest absolute Gasteiger partial charge is 0.480 e. The van der Waals surface area contributed by atoms with Gasteiger partial charge in [0.25, 0.3) is 11.8 Å². The molecule has 1 saturated heterocycles. The normalized spacial score (nSPS) is 17.0. The van der Waals surface area contributed by atoms with Crippen LogP contribution in [-0.4, -0.2) is 47.4 Å². The zero-order valence-electron chi connectivity index (χ0n) is 13.0. The second-order valence-electron chi connectivity index (χ2n) is 6.14. The van der Waals surface area contributed by atoms with Crippen LogP contribution < -0.4 is 4.90 Å². The van der Waals surface area contributed by atoms with Gasteiger partial charge in [0.2, 0.25) is 0 Å². The van der Waals surface area contributed by atoms with Gasteiger partial charge in [0.05, 0.1) is 0 Å². The maximum atomic E-state index is 12.6. The minimum Gasteiger partial charge on any atom is -0.480 e. The van der Waals surface area contributed by atoms with Crippen molar-refractivity contribution in [2.75, 3.05) is 24.5 Å². The number of carbonyl (C=O) groups is 3. The van der Waals surface area contributed by atoms with Crippen molar-refractivity contribution in [3.8, 4) is 0 Å². The third kappa shape index (κ3) is 2.06. The quantitative estimate of drug-likeness (QED) is 0.875. The van der Waals surface area contributed by atoms with Gasteiger partial charge < -0.3 is 10.0 Å². The number of carboxylic acids is 1. The van der Waals surface area contributed by atoms with Crippen molar-refractivity contribution in [2.24, 2.45) is 0 Å². The number of amides is 2. The molecular weight excluding hydrogens is 308 g/mol. The van der Waals surface area contributed by atoms with Crippen LogP contribution in [0.25, 0.3) is 10.8 Å². The molecule has 0 atom stereocenters. The first kappa shape index (κ1) is 14.7. The summed E-state index contributed by atoms with van der Waals surface area (Å²) in [6, 6.07) is 8.98. The average Bonchev–Trinajstić information content (AvgIpc) is 3.10. The van der Waals surface area contributed by atoms with E-state index in [0.717, 1.165) is 41.9 Å². The van der Waals surface area contributed by atoms with E-state index in [-0.39, 0.29) is 0 Å². The Bertz CT molecular complexity index is 862. The average molecular weight is 324 g/mol. The van der Waals surface area contributed by atoms with Crippen LogP contribution >= 0.6 is 0 Å². The number of rotatable bonds is 3. The van der Waals surface area contributed by atoms with Crippen LogP contribution in [0.2, 0.25) is 0 Å². The molecule has 24 heavy (non-hydrogen) atoms. The summed E-state index contributed by atoms with van der Waals surface area (Å²) in [6.45, 7) is 1.30. The van der Waals surface area contributed by atoms with Crippen molar-refractivity contribution in [3.05, 3.63) is 41.5 Å². The first-order valence-electron chi connectivity index (χ1n) is 7.96. The van der Waals surface area contributed by atoms with Gasteiger partial charge in [-0.15, -0.1) is 0 Å². The fourth-order valence-electron chi connectivity index (χ4n) is 3.64. The minimum atomic E-state index is -1.21. The molecule has 0 radical (unpaired) electrons. The number of benzene rings is 2. The topological polar surface area (TPSA) is 77.9 Å². The molecule has 0 bridgehead atoms. The summed E-state index contributed by atoms with van der Waals surface area (Å²) in [7, 11) is 0. The number of imide groups is 1. The maximum absolute atomic E-state index is 12.6. The van der Waals surface area contributed by atoms with Gasteiger partial charge in [0.15, 0.2) is 0 Å². The summed E-state index contributed by atoms with van der Waals surface area (Å²) < 4.78 is 0. The molecule has 6 heteroatoms. The lowest BCUT2D eigenvalue weighted by Crippen LogP contribution is -2.43.